The molecule has 2 aliphatic carbocycles. The van der Waals surface area contributed by atoms with E-state index in [-0.39, 0.29) is 23.2 Å². The van der Waals surface area contributed by atoms with Gasteiger partial charge in [0.2, 0.25) is 0 Å². The summed E-state index contributed by atoms with van der Waals surface area (Å²) in [4.78, 5) is 24.3. The molecule has 2 rings (SSSR count). The van der Waals surface area contributed by atoms with E-state index < -0.39 is 16.8 Å². The highest BCUT2D eigenvalue weighted by Crippen LogP contribution is 2.54. The molecule has 0 aromatic carbocycles. The van der Waals surface area contributed by atoms with E-state index in [0.29, 0.717) is 12.3 Å². The molecule has 0 spiro atoms. The second-order valence-corrected chi connectivity index (χ2v) is 8.99. The van der Waals surface area contributed by atoms with Crippen LogP contribution in [0.2, 0.25) is 0 Å². The third-order valence-corrected chi connectivity index (χ3v) is 6.35. The lowest BCUT2D eigenvalue weighted by Gasteiger charge is -2.51. The van der Waals surface area contributed by atoms with E-state index in [1.165, 1.54) is 17.7 Å². The Morgan fingerprint density at radius 2 is 2.00 bits per heavy atom. The first-order chi connectivity index (χ1) is 11.1. The maximum atomic E-state index is 12.4. The summed E-state index contributed by atoms with van der Waals surface area (Å²) in [6.07, 6.45) is 5.50. The Bertz CT molecular complexity index is 615. The number of Topliss-reactive ketones (excluding diaryl/α,β-unsaturated/α-hetero) is 1. The second-order valence-electron chi connectivity index (χ2n) is 7.72. The van der Waals surface area contributed by atoms with Crippen LogP contribution in [-0.4, -0.2) is 28.3 Å². The zero-order valence-electron chi connectivity index (χ0n) is 15.3. The maximum absolute atomic E-state index is 12.4. The van der Waals surface area contributed by atoms with Gasteiger partial charge in [0.05, 0.1) is 0 Å². The Labute approximate surface area is 147 Å². The summed E-state index contributed by atoms with van der Waals surface area (Å²) < 4.78 is 16.6. The molecule has 2 fully saturated rings. The van der Waals surface area contributed by atoms with Gasteiger partial charge in [0, 0.05) is 35.0 Å². The highest BCUT2D eigenvalue weighted by atomic mass is 32.2. The monoisotopic (exact) mass is 352 g/mol. The van der Waals surface area contributed by atoms with Crippen LogP contribution in [0, 0.1) is 17.3 Å². The molecule has 0 aliphatic heterocycles. The third-order valence-electron chi connectivity index (χ3n) is 5.83. The number of hydrogen-bond acceptors (Lipinski definition) is 4. The predicted molar refractivity (Wildman–Crippen MR) is 95.7 cm³/mol. The van der Waals surface area contributed by atoms with Crippen molar-refractivity contribution in [2.75, 3.05) is 6.26 Å². The average Bonchev–Trinajstić information content (AvgIpc) is 2.47. The van der Waals surface area contributed by atoms with Crippen molar-refractivity contribution in [2.24, 2.45) is 17.3 Å². The van der Waals surface area contributed by atoms with Crippen molar-refractivity contribution in [3.8, 4) is 0 Å². The van der Waals surface area contributed by atoms with Crippen LogP contribution >= 0.6 is 0 Å². The standard InChI is InChI=1S/C19H28O4S/c1-12(2)16-11-19(4)13(3)8-15(9-14(19)10-17(16)20)23-18(21)6-7-24(5)22/h6-7,13-15H,8-11H2,1-5H3/b7-6-/t13-,14+,15+,19+,24+/m0/s1. The van der Waals surface area contributed by atoms with Crippen LogP contribution in [0.25, 0.3) is 0 Å². The van der Waals surface area contributed by atoms with Gasteiger partial charge in [-0.1, -0.05) is 19.4 Å². The van der Waals surface area contributed by atoms with Gasteiger partial charge in [-0.25, -0.2) is 4.79 Å². The summed E-state index contributed by atoms with van der Waals surface area (Å²) in [5, 5.41) is 1.34. The minimum Gasteiger partial charge on any atom is -0.459 e. The molecule has 5 heteroatoms. The Morgan fingerprint density at radius 1 is 1.33 bits per heavy atom. The molecule has 0 heterocycles. The second kappa shape index (κ2) is 7.34. The Hall–Kier alpha value is -1.23. The number of hydrogen-bond donors (Lipinski definition) is 0. The summed E-state index contributed by atoms with van der Waals surface area (Å²) >= 11 is 0. The van der Waals surface area contributed by atoms with E-state index in [4.69, 9.17) is 4.74 Å². The molecule has 0 aromatic rings. The zero-order valence-corrected chi connectivity index (χ0v) is 16.1. The molecule has 24 heavy (non-hydrogen) atoms. The molecule has 0 unspecified atom stereocenters. The van der Waals surface area contributed by atoms with Gasteiger partial charge in [0.1, 0.15) is 6.10 Å². The van der Waals surface area contributed by atoms with Gasteiger partial charge in [0.25, 0.3) is 0 Å². The molecule has 2 saturated carbocycles. The van der Waals surface area contributed by atoms with Gasteiger partial charge in [0.15, 0.2) is 5.78 Å². The molecular formula is C19H28O4S. The fourth-order valence-electron chi connectivity index (χ4n) is 4.12. The van der Waals surface area contributed by atoms with Crippen molar-refractivity contribution in [2.45, 2.75) is 59.5 Å². The number of ether oxygens (including phenoxy) is 1. The predicted octanol–water partition coefficient (Wildman–Crippen LogP) is 3.54. The highest BCUT2D eigenvalue weighted by Gasteiger charge is 2.50. The Morgan fingerprint density at radius 3 is 2.58 bits per heavy atom. The van der Waals surface area contributed by atoms with Crippen molar-refractivity contribution in [3.05, 3.63) is 22.6 Å². The van der Waals surface area contributed by atoms with Crippen molar-refractivity contribution in [3.63, 3.8) is 0 Å². The molecule has 0 N–H and O–H groups in total. The number of allylic oxidation sites excluding steroid dienone is 2. The maximum Gasteiger partial charge on any atom is 0.331 e. The van der Waals surface area contributed by atoms with Gasteiger partial charge in [-0.15, -0.1) is 0 Å². The Kier molecular flexibility index (Phi) is 5.84. The molecule has 0 aromatic heterocycles. The number of ketones is 1. The van der Waals surface area contributed by atoms with Gasteiger partial charge in [-0.3, -0.25) is 9.00 Å². The first-order valence-corrected chi connectivity index (χ1v) is 10.2. The SMILES string of the molecule is CC(C)=C1C[C@@]2(C)[C@@H](CC1=O)C[C@H](OC(=O)/C=C\[S@@](C)=O)C[C@@H]2C. The van der Waals surface area contributed by atoms with Crippen LogP contribution in [0.5, 0.6) is 0 Å². The minimum atomic E-state index is -1.16. The normalized spacial score (nSPS) is 34.8. The van der Waals surface area contributed by atoms with E-state index in [2.05, 4.69) is 13.8 Å². The lowest BCUT2D eigenvalue weighted by molar-refractivity contribution is -0.151. The first-order valence-electron chi connectivity index (χ1n) is 8.54. The first kappa shape index (κ1) is 19.1. The van der Waals surface area contributed by atoms with E-state index in [0.717, 1.165) is 30.4 Å². The fourth-order valence-corrected chi connectivity index (χ4v) is 4.42. The minimum absolute atomic E-state index is 0.0875. The average molecular weight is 352 g/mol. The van der Waals surface area contributed by atoms with Crippen molar-refractivity contribution in [1.29, 1.82) is 0 Å². The summed E-state index contributed by atoms with van der Waals surface area (Å²) in [6.45, 7) is 8.50. The van der Waals surface area contributed by atoms with E-state index in [1.807, 2.05) is 13.8 Å². The number of fused-ring (bicyclic) bond motifs is 1. The van der Waals surface area contributed by atoms with Crippen LogP contribution in [0.3, 0.4) is 0 Å². The number of carbonyl (C=O) groups excluding carboxylic acids is 2. The van der Waals surface area contributed by atoms with Crippen LogP contribution in [-0.2, 0) is 25.1 Å². The number of esters is 1. The molecule has 0 bridgehead atoms. The molecule has 134 valence electrons. The molecule has 5 atom stereocenters. The smallest absolute Gasteiger partial charge is 0.331 e. The lowest BCUT2D eigenvalue weighted by atomic mass is 9.54. The van der Waals surface area contributed by atoms with Gasteiger partial charge >= 0.3 is 5.97 Å². The molecular weight excluding hydrogens is 324 g/mol. The van der Waals surface area contributed by atoms with Gasteiger partial charge in [-0.2, -0.15) is 0 Å². The van der Waals surface area contributed by atoms with Crippen molar-refractivity contribution in [1.82, 2.24) is 0 Å². The molecule has 0 amide bonds. The lowest BCUT2D eigenvalue weighted by Crippen LogP contribution is -2.47. The summed E-state index contributed by atoms with van der Waals surface area (Å²) in [7, 11) is -1.16. The van der Waals surface area contributed by atoms with E-state index in [9.17, 15) is 13.8 Å². The third kappa shape index (κ3) is 4.05. The topological polar surface area (TPSA) is 60.4 Å². The largest absolute Gasteiger partial charge is 0.459 e. The molecule has 0 radical (unpaired) electrons. The van der Waals surface area contributed by atoms with Crippen molar-refractivity contribution < 1.29 is 18.5 Å². The van der Waals surface area contributed by atoms with E-state index in [1.54, 1.807) is 0 Å². The number of carbonyl (C=O) groups is 2. The summed E-state index contributed by atoms with van der Waals surface area (Å²) in [6, 6.07) is 0. The molecule has 4 nitrogen and oxygen atoms in total. The number of rotatable bonds is 3. The fraction of sp³-hybridized carbons (Fsp3) is 0.684. The zero-order chi connectivity index (χ0) is 18.1. The van der Waals surface area contributed by atoms with Gasteiger partial charge < -0.3 is 4.74 Å². The van der Waals surface area contributed by atoms with Crippen LogP contribution in [0.15, 0.2) is 22.6 Å². The molecule has 2 aliphatic rings. The highest BCUT2D eigenvalue weighted by molar-refractivity contribution is 7.87. The van der Waals surface area contributed by atoms with Gasteiger partial charge in [-0.05, 0) is 55.9 Å². The van der Waals surface area contributed by atoms with Crippen molar-refractivity contribution >= 4 is 22.6 Å². The van der Waals surface area contributed by atoms with Crippen LogP contribution in [0.1, 0.15) is 53.4 Å². The van der Waals surface area contributed by atoms with Crippen LogP contribution in [0.4, 0.5) is 0 Å². The summed E-state index contributed by atoms with van der Waals surface area (Å²) in [5.41, 5.74) is 2.20. The quantitative estimate of drug-likeness (QED) is 0.576. The Balaban J connectivity index is 2.11. The summed E-state index contributed by atoms with van der Waals surface area (Å²) in [5.74, 6) is 0.427. The van der Waals surface area contributed by atoms with E-state index >= 15 is 0 Å². The molecule has 0 saturated heterocycles. The van der Waals surface area contributed by atoms with Crippen LogP contribution < -0.4 is 0 Å².